The van der Waals surface area contributed by atoms with E-state index in [2.05, 4.69) is 4.98 Å². The summed E-state index contributed by atoms with van der Waals surface area (Å²) in [5, 5.41) is 25.7. The largest absolute Gasteiger partial charge is 0.433 e. The molecule has 0 atom stereocenters. The number of anilines is 1. The lowest BCUT2D eigenvalue weighted by Crippen LogP contribution is -2.31. The number of amides is 1. The van der Waals surface area contributed by atoms with Gasteiger partial charge in [-0.15, -0.1) is 0 Å². The van der Waals surface area contributed by atoms with Crippen molar-refractivity contribution < 1.29 is 28.2 Å². The van der Waals surface area contributed by atoms with Crippen LogP contribution in [0.5, 0.6) is 0 Å². The molecule has 2 heterocycles. The molecule has 10 heteroatoms. The molecule has 1 saturated carbocycles. The minimum Gasteiger partial charge on any atom is -0.396 e. The highest BCUT2D eigenvalue weighted by Crippen LogP contribution is 2.37. The summed E-state index contributed by atoms with van der Waals surface area (Å²) in [5.74, 6) is -0.413. The standard InChI is InChI=1S/C25H29F3N4O3/c1-24(2,35)18-12-20-16(13-32(30-20)17-9-7-15(14-33)8-10-17)11-21(18)31(3)23(34)19-5-4-6-22(29-19)25(26,27)28/h4-6,11-13,15,17,33,35H,7-10,14H2,1-3H3. The minimum absolute atomic E-state index is 0.188. The van der Waals surface area contributed by atoms with Crippen molar-refractivity contribution in [1.82, 2.24) is 14.8 Å². The Labute approximate surface area is 201 Å². The summed E-state index contributed by atoms with van der Waals surface area (Å²) >= 11 is 0. The van der Waals surface area contributed by atoms with Crippen LogP contribution in [0, 0.1) is 5.92 Å². The molecule has 0 radical (unpaired) electrons. The number of benzene rings is 1. The Morgan fingerprint density at radius 3 is 2.46 bits per heavy atom. The number of aliphatic hydroxyl groups is 2. The summed E-state index contributed by atoms with van der Waals surface area (Å²) in [6.07, 6.45) is 0.834. The minimum atomic E-state index is -4.67. The average Bonchev–Trinajstić information content (AvgIpc) is 3.24. The number of nitrogens with zero attached hydrogens (tertiary/aromatic N) is 4. The number of alkyl halides is 3. The smallest absolute Gasteiger partial charge is 0.396 e. The van der Waals surface area contributed by atoms with E-state index in [0.29, 0.717) is 22.7 Å². The maximum absolute atomic E-state index is 13.1. The first-order valence-electron chi connectivity index (χ1n) is 11.6. The molecule has 1 amide bonds. The van der Waals surface area contributed by atoms with Crippen LogP contribution in [0.4, 0.5) is 18.9 Å². The summed E-state index contributed by atoms with van der Waals surface area (Å²) in [7, 11) is 1.45. The number of rotatable bonds is 5. The van der Waals surface area contributed by atoms with E-state index in [1.54, 1.807) is 26.0 Å². The van der Waals surface area contributed by atoms with Crippen LogP contribution in [0.3, 0.4) is 0 Å². The lowest BCUT2D eigenvalue weighted by molar-refractivity contribution is -0.141. The van der Waals surface area contributed by atoms with Crippen LogP contribution in [-0.4, -0.2) is 44.5 Å². The van der Waals surface area contributed by atoms with Crippen molar-refractivity contribution in [2.45, 2.75) is 57.3 Å². The fourth-order valence-corrected chi connectivity index (χ4v) is 4.62. The van der Waals surface area contributed by atoms with Gasteiger partial charge in [0.15, 0.2) is 0 Å². The van der Waals surface area contributed by atoms with Gasteiger partial charge in [0.05, 0.1) is 22.8 Å². The van der Waals surface area contributed by atoms with Gasteiger partial charge in [0.1, 0.15) is 11.4 Å². The lowest BCUT2D eigenvalue weighted by atomic mass is 9.87. The fourth-order valence-electron chi connectivity index (χ4n) is 4.62. The summed E-state index contributed by atoms with van der Waals surface area (Å²) in [6.45, 7) is 3.34. The Hall–Kier alpha value is -2.98. The molecule has 4 rings (SSSR count). The van der Waals surface area contributed by atoms with Crippen molar-refractivity contribution >= 4 is 22.5 Å². The van der Waals surface area contributed by atoms with Crippen LogP contribution in [0.2, 0.25) is 0 Å². The molecule has 35 heavy (non-hydrogen) atoms. The van der Waals surface area contributed by atoms with E-state index < -0.39 is 23.4 Å². The number of hydrogen-bond donors (Lipinski definition) is 2. The first-order chi connectivity index (χ1) is 16.4. The molecule has 1 fully saturated rings. The zero-order chi connectivity index (χ0) is 25.5. The summed E-state index contributed by atoms with van der Waals surface area (Å²) in [6, 6.07) is 6.81. The number of hydrogen-bond acceptors (Lipinski definition) is 5. The van der Waals surface area contributed by atoms with Gasteiger partial charge in [-0.2, -0.15) is 18.3 Å². The number of fused-ring (bicyclic) bond motifs is 1. The van der Waals surface area contributed by atoms with Gasteiger partial charge in [-0.25, -0.2) is 4.98 Å². The molecule has 0 bridgehead atoms. The highest BCUT2D eigenvalue weighted by Gasteiger charge is 2.34. The SMILES string of the molecule is CN(C(=O)c1cccc(C(F)(F)F)n1)c1cc2cn(C3CCC(CO)CC3)nc2cc1C(C)(C)O. The van der Waals surface area contributed by atoms with Gasteiger partial charge in [-0.3, -0.25) is 9.48 Å². The van der Waals surface area contributed by atoms with Crippen LogP contribution < -0.4 is 4.90 Å². The Morgan fingerprint density at radius 2 is 1.86 bits per heavy atom. The monoisotopic (exact) mass is 490 g/mol. The normalized spacial score (nSPS) is 19.2. The second-order valence-electron chi connectivity index (χ2n) is 9.72. The van der Waals surface area contributed by atoms with Crippen LogP contribution in [0.25, 0.3) is 10.9 Å². The quantitative estimate of drug-likeness (QED) is 0.542. The zero-order valence-corrected chi connectivity index (χ0v) is 19.9. The van der Waals surface area contributed by atoms with Gasteiger partial charge in [-0.1, -0.05) is 6.07 Å². The van der Waals surface area contributed by atoms with E-state index in [0.717, 1.165) is 43.2 Å². The topological polar surface area (TPSA) is 91.5 Å². The molecule has 2 aromatic heterocycles. The third-order valence-corrected chi connectivity index (χ3v) is 6.67. The van der Waals surface area contributed by atoms with E-state index in [-0.39, 0.29) is 18.3 Å². The average molecular weight is 491 g/mol. The van der Waals surface area contributed by atoms with Gasteiger partial charge in [0, 0.05) is 30.8 Å². The van der Waals surface area contributed by atoms with Gasteiger partial charge >= 0.3 is 6.18 Å². The molecule has 2 N–H and O–H groups in total. The highest BCUT2D eigenvalue weighted by atomic mass is 19.4. The Morgan fingerprint density at radius 1 is 1.17 bits per heavy atom. The fraction of sp³-hybridized carbons (Fsp3) is 0.480. The van der Waals surface area contributed by atoms with Crippen molar-refractivity contribution in [2.75, 3.05) is 18.6 Å². The summed E-state index contributed by atoms with van der Waals surface area (Å²) < 4.78 is 41.2. The number of halogens is 3. The van der Waals surface area contributed by atoms with Crippen molar-refractivity contribution in [3.63, 3.8) is 0 Å². The van der Waals surface area contributed by atoms with Crippen molar-refractivity contribution in [1.29, 1.82) is 0 Å². The number of aromatic nitrogens is 3. The molecule has 0 unspecified atom stereocenters. The third kappa shape index (κ3) is 5.18. The second-order valence-corrected chi connectivity index (χ2v) is 9.72. The zero-order valence-electron chi connectivity index (χ0n) is 19.9. The van der Waals surface area contributed by atoms with Crippen molar-refractivity contribution in [3.05, 3.63) is 53.5 Å². The van der Waals surface area contributed by atoms with Crippen LogP contribution >= 0.6 is 0 Å². The maximum Gasteiger partial charge on any atom is 0.433 e. The maximum atomic E-state index is 13.1. The number of carbonyl (C=O) groups is 1. The molecule has 188 valence electrons. The van der Waals surface area contributed by atoms with E-state index in [1.807, 2.05) is 10.9 Å². The first kappa shape index (κ1) is 25.1. The molecule has 0 saturated heterocycles. The Balaban J connectivity index is 1.71. The van der Waals surface area contributed by atoms with E-state index >= 15 is 0 Å². The summed E-state index contributed by atoms with van der Waals surface area (Å²) in [5.41, 5.74) is -1.41. The van der Waals surface area contributed by atoms with Gasteiger partial charge in [-0.05, 0) is 69.7 Å². The number of aliphatic hydroxyl groups excluding tert-OH is 1. The van der Waals surface area contributed by atoms with Gasteiger partial charge in [0.25, 0.3) is 5.91 Å². The highest BCUT2D eigenvalue weighted by molar-refractivity contribution is 6.06. The first-order valence-corrected chi connectivity index (χ1v) is 11.6. The molecule has 1 aromatic carbocycles. The van der Waals surface area contributed by atoms with Crippen molar-refractivity contribution in [2.24, 2.45) is 5.92 Å². The summed E-state index contributed by atoms with van der Waals surface area (Å²) in [4.78, 5) is 17.8. The Bertz CT molecular complexity index is 1220. The molecule has 7 nitrogen and oxygen atoms in total. The predicted molar refractivity (Wildman–Crippen MR) is 125 cm³/mol. The van der Waals surface area contributed by atoms with Gasteiger partial charge in [0.2, 0.25) is 0 Å². The predicted octanol–water partition coefficient (Wildman–Crippen LogP) is 4.68. The van der Waals surface area contributed by atoms with Gasteiger partial charge < -0.3 is 15.1 Å². The van der Waals surface area contributed by atoms with E-state index in [1.165, 1.54) is 18.0 Å². The van der Waals surface area contributed by atoms with E-state index in [4.69, 9.17) is 5.10 Å². The van der Waals surface area contributed by atoms with E-state index in [9.17, 15) is 28.2 Å². The second kappa shape index (κ2) is 9.23. The molecule has 1 aliphatic carbocycles. The molecule has 0 spiro atoms. The number of pyridine rings is 1. The molecular weight excluding hydrogens is 461 g/mol. The molecular formula is C25H29F3N4O3. The molecule has 3 aromatic rings. The van der Waals surface area contributed by atoms with Crippen LogP contribution in [0.1, 0.15) is 67.3 Å². The Kier molecular flexibility index (Phi) is 6.63. The third-order valence-electron chi connectivity index (χ3n) is 6.67. The van der Waals surface area contributed by atoms with Crippen LogP contribution in [0.15, 0.2) is 36.5 Å². The molecule has 0 aliphatic heterocycles. The van der Waals surface area contributed by atoms with Crippen molar-refractivity contribution in [3.8, 4) is 0 Å². The number of carbonyl (C=O) groups excluding carboxylic acids is 1. The lowest BCUT2D eigenvalue weighted by Gasteiger charge is -2.27. The van der Waals surface area contributed by atoms with Crippen LogP contribution in [-0.2, 0) is 11.8 Å². The molecule has 1 aliphatic rings.